The molecular weight excluding hydrogens is 528 g/mol. The maximum absolute atomic E-state index is 13.2. The SMILES string of the molecule is NC(=O)CCC(N)C(=O)NC(Cc1cnc[nH]1)C(=O)NC(CC(N)=O)C(=O)NC(Cc1ccc(O)cc1)C(=O)O. The van der Waals surface area contributed by atoms with Crippen LogP contribution in [0.5, 0.6) is 5.75 Å². The van der Waals surface area contributed by atoms with Gasteiger partial charge < -0.3 is 48.3 Å². The van der Waals surface area contributed by atoms with Crippen molar-refractivity contribution in [3.05, 3.63) is 48.0 Å². The number of imidazole rings is 1. The zero-order valence-corrected chi connectivity index (χ0v) is 21.3. The number of hydrogen-bond acceptors (Lipinski definition) is 9. The third kappa shape index (κ3) is 10.4. The lowest BCUT2D eigenvalue weighted by atomic mass is 10.0. The molecule has 0 fully saturated rings. The van der Waals surface area contributed by atoms with Gasteiger partial charge in [-0.15, -0.1) is 0 Å². The van der Waals surface area contributed by atoms with E-state index >= 15 is 0 Å². The summed E-state index contributed by atoms with van der Waals surface area (Å²) < 4.78 is 0. The number of primary amides is 2. The highest BCUT2D eigenvalue weighted by molar-refractivity contribution is 5.96. The van der Waals surface area contributed by atoms with Crippen LogP contribution >= 0.6 is 0 Å². The summed E-state index contributed by atoms with van der Waals surface area (Å²) in [6, 6.07) is 0.103. The fourth-order valence-corrected chi connectivity index (χ4v) is 3.56. The number of H-pyrrole nitrogens is 1. The summed E-state index contributed by atoms with van der Waals surface area (Å²) in [6.45, 7) is 0. The molecule has 4 unspecified atom stereocenters. The first kappa shape index (κ1) is 31.2. The van der Waals surface area contributed by atoms with E-state index in [2.05, 4.69) is 25.9 Å². The van der Waals surface area contributed by atoms with Crippen LogP contribution in [0.25, 0.3) is 0 Å². The Morgan fingerprint density at radius 1 is 0.850 bits per heavy atom. The molecule has 0 aliphatic rings. The zero-order chi connectivity index (χ0) is 29.8. The van der Waals surface area contributed by atoms with Gasteiger partial charge in [0.1, 0.15) is 23.9 Å². The predicted octanol–water partition coefficient (Wildman–Crippen LogP) is -3.09. The summed E-state index contributed by atoms with van der Waals surface area (Å²) in [5, 5.41) is 26.1. The van der Waals surface area contributed by atoms with Crippen molar-refractivity contribution in [1.29, 1.82) is 0 Å². The van der Waals surface area contributed by atoms with Crippen LogP contribution in [0.2, 0.25) is 0 Å². The van der Waals surface area contributed by atoms with Gasteiger partial charge in [0, 0.05) is 31.2 Å². The molecule has 2 rings (SSSR count). The number of carboxylic acids is 1. The van der Waals surface area contributed by atoms with Crippen LogP contribution in [0.15, 0.2) is 36.8 Å². The summed E-state index contributed by atoms with van der Waals surface area (Å²) in [5.74, 6) is -5.75. The van der Waals surface area contributed by atoms with Crippen LogP contribution in [0.1, 0.15) is 30.5 Å². The Labute approximate surface area is 228 Å². The minimum atomic E-state index is -1.59. The van der Waals surface area contributed by atoms with E-state index in [0.717, 1.165) is 0 Å². The number of carboxylic acid groups (broad SMARTS) is 1. The molecule has 12 N–H and O–H groups in total. The first-order valence-electron chi connectivity index (χ1n) is 12.1. The Bertz CT molecular complexity index is 1200. The van der Waals surface area contributed by atoms with E-state index < -0.39 is 66.1 Å². The number of amides is 5. The van der Waals surface area contributed by atoms with Gasteiger partial charge in [0.15, 0.2) is 0 Å². The summed E-state index contributed by atoms with van der Waals surface area (Å²) in [4.78, 5) is 79.9. The molecular formula is C24H32N8O8. The maximum atomic E-state index is 13.2. The second kappa shape index (κ2) is 14.8. The molecule has 2 aromatic rings. The van der Waals surface area contributed by atoms with E-state index in [1.54, 1.807) is 0 Å². The molecule has 0 saturated heterocycles. The van der Waals surface area contributed by atoms with Crippen molar-refractivity contribution in [2.24, 2.45) is 17.2 Å². The molecule has 216 valence electrons. The van der Waals surface area contributed by atoms with Gasteiger partial charge >= 0.3 is 5.97 Å². The number of benzene rings is 1. The first-order valence-corrected chi connectivity index (χ1v) is 12.1. The molecule has 0 spiro atoms. The third-order valence-electron chi connectivity index (χ3n) is 5.68. The van der Waals surface area contributed by atoms with Crippen LogP contribution in [0.3, 0.4) is 0 Å². The largest absolute Gasteiger partial charge is 0.508 e. The molecule has 0 radical (unpaired) electrons. The number of carbonyl (C=O) groups is 6. The second-order valence-electron chi connectivity index (χ2n) is 8.96. The van der Waals surface area contributed by atoms with E-state index in [-0.39, 0.29) is 31.4 Å². The van der Waals surface area contributed by atoms with E-state index in [0.29, 0.717) is 11.3 Å². The molecule has 4 atom stereocenters. The van der Waals surface area contributed by atoms with Crippen molar-refractivity contribution in [2.45, 2.75) is 56.3 Å². The Balaban J connectivity index is 2.18. The highest BCUT2D eigenvalue weighted by Gasteiger charge is 2.31. The van der Waals surface area contributed by atoms with Crippen molar-refractivity contribution in [2.75, 3.05) is 0 Å². The Hall–Kier alpha value is -4.99. The zero-order valence-electron chi connectivity index (χ0n) is 21.3. The molecule has 1 aromatic heterocycles. The number of aromatic amines is 1. The van der Waals surface area contributed by atoms with Crippen LogP contribution in [-0.2, 0) is 41.6 Å². The lowest BCUT2D eigenvalue weighted by molar-refractivity contribution is -0.142. The van der Waals surface area contributed by atoms with Gasteiger partial charge in [-0.3, -0.25) is 24.0 Å². The van der Waals surface area contributed by atoms with Gasteiger partial charge in [-0.1, -0.05) is 12.1 Å². The van der Waals surface area contributed by atoms with Crippen LogP contribution in [-0.4, -0.2) is 79.9 Å². The number of aromatic nitrogens is 2. The smallest absolute Gasteiger partial charge is 0.326 e. The van der Waals surface area contributed by atoms with Gasteiger partial charge in [-0.25, -0.2) is 9.78 Å². The van der Waals surface area contributed by atoms with Crippen molar-refractivity contribution >= 4 is 35.5 Å². The maximum Gasteiger partial charge on any atom is 0.326 e. The number of phenolic OH excluding ortho intramolecular Hbond substituents is 1. The minimum Gasteiger partial charge on any atom is -0.508 e. The Morgan fingerprint density at radius 3 is 2.00 bits per heavy atom. The molecule has 0 aliphatic carbocycles. The quantitative estimate of drug-likeness (QED) is 0.0996. The normalized spacial score (nSPS) is 13.7. The molecule has 1 aromatic carbocycles. The summed E-state index contributed by atoms with van der Waals surface area (Å²) in [7, 11) is 0. The first-order chi connectivity index (χ1) is 18.8. The number of hydrogen-bond donors (Lipinski definition) is 9. The van der Waals surface area contributed by atoms with Gasteiger partial charge in [-0.2, -0.15) is 0 Å². The van der Waals surface area contributed by atoms with E-state index in [9.17, 15) is 39.0 Å². The van der Waals surface area contributed by atoms with E-state index in [1.807, 2.05) is 0 Å². The predicted molar refractivity (Wildman–Crippen MR) is 138 cm³/mol. The van der Waals surface area contributed by atoms with Crippen molar-refractivity contribution < 1.29 is 39.0 Å². The van der Waals surface area contributed by atoms with Crippen LogP contribution in [0, 0.1) is 0 Å². The van der Waals surface area contributed by atoms with Crippen molar-refractivity contribution in [3.8, 4) is 5.75 Å². The molecule has 0 saturated carbocycles. The van der Waals surface area contributed by atoms with E-state index in [4.69, 9.17) is 17.2 Å². The van der Waals surface area contributed by atoms with Crippen LogP contribution < -0.4 is 33.2 Å². The standard InChI is InChI=1S/C24H32N8O8/c25-15(5-6-19(26)34)21(36)30-16(8-13-10-28-11-29-13)22(37)31-17(9-20(27)35)23(38)32-18(24(39)40)7-12-1-3-14(33)4-2-12/h1-4,10-11,15-18,33H,5-9,25H2,(H2,26,34)(H2,27,35)(H,28,29)(H,30,36)(H,31,37)(H,32,38)(H,39,40). The number of carbonyl (C=O) groups excluding carboxylic acids is 5. The number of rotatable bonds is 16. The molecule has 0 bridgehead atoms. The fraction of sp³-hybridized carbons (Fsp3) is 0.375. The molecule has 0 aliphatic heterocycles. The number of phenols is 1. The number of aromatic hydroxyl groups is 1. The molecule has 1 heterocycles. The lowest BCUT2D eigenvalue weighted by Crippen LogP contribution is -2.58. The molecule has 16 nitrogen and oxygen atoms in total. The summed E-state index contributed by atoms with van der Waals surface area (Å²) in [5.41, 5.74) is 17.0. The number of nitrogens with one attached hydrogen (secondary N) is 4. The Morgan fingerprint density at radius 2 is 1.45 bits per heavy atom. The van der Waals surface area contributed by atoms with Crippen LogP contribution in [0.4, 0.5) is 0 Å². The van der Waals surface area contributed by atoms with Gasteiger partial charge in [0.05, 0.1) is 18.8 Å². The summed E-state index contributed by atoms with van der Waals surface area (Å²) in [6.07, 6.45) is 1.53. The average Bonchev–Trinajstić information content (AvgIpc) is 3.40. The molecule has 16 heteroatoms. The lowest BCUT2D eigenvalue weighted by Gasteiger charge is -2.24. The third-order valence-corrected chi connectivity index (χ3v) is 5.68. The monoisotopic (exact) mass is 560 g/mol. The summed E-state index contributed by atoms with van der Waals surface area (Å²) >= 11 is 0. The van der Waals surface area contributed by atoms with Gasteiger partial charge in [0.2, 0.25) is 29.5 Å². The second-order valence-corrected chi connectivity index (χ2v) is 8.96. The van der Waals surface area contributed by atoms with E-state index in [1.165, 1.54) is 36.8 Å². The van der Waals surface area contributed by atoms with Gasteiger partial charge in [0.25, 0.3) is 0 Å². The average molecular weight is 561 g/mol. The van der Waals surface area contributed by atoms with Crippen molar-refractivity contribution in [3.63, 3.8) is 0 Å². The molecule has 5 amide bonds. The number of nitrogens with two attached hydrogens (primary N) is 3. The highest BCUT2D eigenvalue weighted by Crippen LogP contribution is 2.12. The minimum absolute atomic E-state index is 0.0329. The fourth-order valence-electron chi connectivity index (χ4n) is 3.56. The Kier molecular flexibility index (Phi) is 11.6. The van der Waals surface area contributed by atoms with Gasteiger partial charge in [-0.05, 0) is 24.1 Å². The molecule has 40 heavy (non-hydrogen) atoms. The topological polar surface area (TPSA) is 286 Å². The number of aliphatic carboxylic acids is 1. The van der Waals surface area contributed by atoms with Crippen molar-refractivity contribution in [1.82, 2.24) is 25.9 Å². The highest BCUT2D eigenvalue weighted by atomic mass is 16.4. The number of nitrogens with zero attached hydrogens (tertiary/aromatic N) is 1.